The molecule has 4 nitrogen and oxygen atoms in total. The van der Waals surface area contributed by atoms with E-state index >= 15 is 0 Å². The third-order valence-corrected chi connectivity index (χ3v) is 5.06. The van der Waals surface area contributed by atoms with Gasteiger partial charge in [-0.15, -0.1) is 0 Å². The molecule has 1 aliphatic heterocycles. The summed E-state index contributed by atoms with van der Waals surface area (Å²) in [5.74, 6) is 1.70. The lowest BCUT2D eigenvalue weighted by Gasteiger charge is -2.23. The Kier molecular flexibility index (Phi) is 5.91. The van der Waals surface area contributed by atoms with Gasteiger partial charge in [0.25, 0.3) is 0 Å². The van der Waals surface area contributed by atoms with Crippen molar-refractivity contribution in [3.8, 4) is 5.75 Å². The van der Waals surface area contributed by atoms with Crippen LogP contribution in [0.15, 0.2) is 36.4 Å². The monoisotopic (exact) mass is 328 g/mol. The number of methoxy groups -OCH3 is 1. The SMILES string of the molecule is COc1ccc(CN2CCCN(C(=O)CC3C=CCC3)CC2)cc1. The topological polar surface area (TPSA) is 32.8 Å². The molecule has 1 aromatic rings. The van der Waals surface area contributed by atoms with Gasteiger partial charge < -0.3 is 9.64 Å². The van der Waals surface area contributed by atoms with Gasteiger partial charge in [-0.3, -0.25) is 9.69 Å². The third-order valence-electron chi connectivity index (χ3n) is 5.06. The predicted octanol–water partition coefficient (Wildman–Crippen LogP) is 3.09. The van der Waals surface area contributed by atoms with E-state index in [9.17, 15) is 4.79 Å². The highest BCUT2D eigenvalue weighted by Gasteiger charge is 2.22. The van der Waals surface area contributed by atoms with Gasteiger partial charge in [-0.05, 0) is 42.9 Å². The summed E-state index contributed by atoms with van der Waals surface area (Å²) in [6.45, 7) is 4.70. The highest BCUT2D eigenvalue weighted by Crippen LogP contribution is 2.22. The molecule has 1 aliphatic carbocycles. The molecule has 1 heterocycles. The van der Waals surface area contributed by atoms with Crippen molar-refractivity contribution in [2.75, 3.05) is 33.3 Å². The highest BCUT2D eigenvalue weighted by atomic mass is 16.5. The summed E-state index contributed by atoms with van der Waals surface area (Å²) in [5, 5.41) is 0. The minimum Gasteiger partial charge on any atom is -0.497 e. The van der Waals surface area contributed by atoms with Crippen LogP contribution in [0.3, 0.4) is 0 Å². The van der Waals surface area contributed by atoms with Gasteiger partial charge in [-0.25, -0.2) is 0 Å². The van der Waals surface area contributed by atoms with E-state index in [2.05, 4.69) is 34.1 Å². The van der Waals surface area contributed by atoms with Crippen LogP contribution >= 0.6 is 0 Å². The minimum absolute atomic E-state index is 0.331. The zero-order valence-electron chi connectivity index (χ0n) is 14.6. The van der Waals surface area contributed by atoms with Crippen molar-refractivity contribution in [3.63, 3.8) is 0 Å². The number of carbonyl (C=O) groups excluding carboxylic acids is 1. The normalized spacial score (nSPS) is 21.7. The predicted molar refractivity (Wildman–Crippen MR) is 95.9 cm³/mol. The van der Waals surface area contributed by atoms with Gasteiger partial charge in [-0.1, -0.05) is 24.3 Å². The van der Waals surface area contributed by atoms with Crippen LogP contribution in [0.4, 0.5) is 0 Å². The van der Waals surface area contributed by atoms with E-state index < -0.39 is 0 Å². The molecule has 0 saturated carbocycles. The average Bonchev–Trinajstić information content (AvgIpc) is 3.00. The maximum atomic E-state index is 12.5. The molecular formula is C20H28N2O2. The van der Waals surface area contributed by atoms with Gasteiger partial charge in [-0.2, -0.15) is 0 Å². The summed E-state index contributed by atoms with van der Waals surface area (Å²) < 4.78 is 5.21. The number of amides is 1. The molecular weight excluding hydrogens is 300 g/mol. The summed E-state index contributed by atoms with van der Waals surface area (Å²) in [6, 6.07) is 8.27. The van der Waals surface area contributed by atoms with E-state index in [1.165, 1.54) is 5.56 Å². The van der Waals surface area contributed by atoms with Crippen molar-refractivity contribution < 1.29 is 9.53 Å². The Morgan fingerprint density at radius 3 is 2.71 bits per heavy atom. The van der Waals surface area contributed by atoms with E-state index in [-0.39, 0.29) is 0 Å². The van der Waals surface area contributed by atoms with Gasteiger partial charge >= 0.3 is 0 Å². The first-order valence-electron chi connectivity index (χ1n) is 9.04. The fourth-order valence-corrected chi connectivity index (χ4v) is 3.59. The van der Waals surface area contributed by atoms with Crippen LogP contribution < -0.4 is 4.74 Å². The Morgan fingerprint density at radius 1 is 1.17 bits per heavy atom. The molecule has 1 aromatic carbocycles. The summed E-state index contributed by atoms with van der Waals surface area (Å²) >= 11 is 0. The molecule has 0 aromatic heterocycles. The molecule has 0 bridgehead atoms. The van der Waals surface area contributed by atoms with Crippen molar-refractivity contribution in [2.45, 2.75) is 32.2 Å². The van der Waals surface area contributed by atoms with Gasteiger partial charge in [0.2, 0.25) is 5.91 Å². The number of carbonyl (C=O) groups is 1. The lowest BCUT2D eigenvalue weighted by atomic mass is 10.0. The molecule has 1 fully saturated rings. The molecule has 2 aliphatic rings. The first-order chi connectivity index (χ1) is 11.7. The Balaban J connectivity index is 1.48. The maximum Gasteiger partial charge on any atom is 0.223 e. The quantitative estimate of drug-likeness (QED) is 0.779. The Hall–Kier alpha value is -1.81. The van der Waals surface area contributed by atoms with Crippen LogP contribution in [-0.4, -0.2) is 49.0 Å². The molecule has 1 atom stereocenters. The van der Waals surface area contributed by atoms with Crippen LogP contribution in [0.5, 0.6) is 5.75 Å². The molecule has 0 spiro atoms. The van der Waals surface area contributed by atoms with Crippen molar-refractivity contribution in [1.29, 1.82) is 0 Å². The number of ether oxygens (including phenoxy) is 1. The summed E-state index contributed by atoms with van der Waals surface area (Å²) in [5.41, 5.74) is 1.30. The third kappa shape index (κ3) is 4.60. The van der Waals surface area contributed by atoms with Crippen LogP contribution in [0.25, 0.3) is 0 Å². The maximum absolute atomic E-state index is 12.5. The molecule has 1 unspecified atom stereocenters. The molecule has 0 radical (unpaired) electrons. The summed E-state index contributed by atoms with van der Waals surface area (Å²) in [6.07, 6.45) is 8.44. The first-order valence-corrected chi connectivity index (χ1v) is 9.04. The van der Waals surface area contributed by atoms with Crippen LogP contribution in [0.1, 0.15) is 31.2 Å². The van der Waals surface area contributed by atoms with Gasteiger partial charge in [0.05, 0.1) is 7.11 Å². The Bertz CT molecular complexity index is 568. The largest absolute Gasteiger partial charge is 0.497 e. The summed E-state index contributed by atoms with van der Waals surface area (Å²) in [4.78, 5) is 17.0. The molecule has 4 heteroatoms. The summed E-state index contributed by atoms with van der Waals surface area (Å²) in [7, 11) is 1.69. The molecule has 24 heavy (non-hydrogen) atoms. The Labute approximate surface area is 145 Å². The van der Waals surface area contributed by atoms with Crippen molar-refractivity contribution in [1.82, 2.24) is 9.80 Å². The molecule has 130 valence electrons. The van der Waals surface area contributed by atoms with E-state index in [0.717, 1.165) is 57.7 Å². The number of nitrogens with zero attached hydrogens (tertiary/aromatic N) is 2. The lowest BCUT2D eigenvalue weighted by Crippen LogP contribution is -2.35. The molecule has 3 rings (SSSR count). The van der Waals surface area contributed by atoms with Gasteiger partial charge in [0.15, 0.2) is 0 Å². The number of rotatable bonds is 5. The second-order valence-electron chi connectivity index (χ2n) is 6.83. The molecule has 0 N–H and O–H groups in total. The average molecular weight is 328 g/mol. The van der Waals surface area contributed by atoms with E-state index in [1.54, 1.807) is 7.11 Å². The lowest BCUT2D eigenvalue weighted by molar-refractivity contribution is -0.131. The Morgan fingerprint density at radius 2 is 2.00 bits per heavy atom. The number of hydrogen-bond donors (Lipinski definition) is 0. The number of benzene rings is 1. The van der Waals surface area contributed by atoms with Crippen LogP contribution in [-0.2, 0) is 11.3 Å². The molecule has 1 amide bonds. The van der Waals surface area contributed by atoms with E-state index in [4.69, 9.17) is 4.74 Å². The number of hydrogen-bond acceptors (Lipinski definition) is 3. The second-order valence-corrected chi connectivity index (χ2v) is 6.83. The second kappa shape index (κ2) is 8.34. The standard InChI is InChI=1S/C20H28N2O2/c1-24-19-9-7-18(8-10-19)16-21-11-4-12-22(14-13-21)20(23)15-17-5-2-3-6-17/h2,5,7-10,17H,3-4,6,11-16H2,1H3. The smallest absolute Gasteiger partial charge is 0.223 e. The van der Waals surface area contributed by atoms with Crippen molar-refractivity contribution in [2.24, 2.45) is 5.92 Å². The zero-order valence-corrected chi connectivity index (χ0v) is 14.6. The minimum atomic E-state index is 0.331. The van der Waals surface area contributed by atoms with E-state index in [0.29, 0.717) is 18.2 Å². The molecule has 1 saturated heterocycles. The van der Waals surface area contributed by atoms with Crippen molar-refractivity contribution in [3.05, 3.63) is 42.0 Å². The van der Waals surface area contributed by atoms with E-state index in [1.807, 2.05) is 12.1 Å². The van der Waals surface area contributed by atoms with Crippen LogP contribution in [0, 0.1) is 5.92 Å². The fourth-order valence-electron chi connectivity index (χ4n) is 3.59. The van der Waals surface area contributed by atoms with Crippen molar-refractivity contribution >= 4 is 5.91 Å². The van der Waals surface area contributed by atoms with Gasteiger partial charge in [0.1, 0.15) is 5.75 Å². The first kappa shape index (κ1) is 17.0. The zero-order chi connectivity index (χ0) is 16.8. The number of allylic oxidation sites excluding steroid dienone is 2. The van der Waals surface area contributed by atoms with Gasteiger partial charge in [0, 0.05) is 39.1 Å². The van der Waals surface area contributed by atoms with Crippen LogP contribution in [0.2, 0.25) is 0 Å². The fraction of sp³-hybridized carbons (Fsp3) is 0.550. The highest BCUT2D eigenvalue weighted by molar-refractivity contribution is 5.76.